The molecule has 32 heavy (non-hydrogen) atoms. The van der Waals surface area contributed by atoms with Crippen molar-refractivity contribution >= 4 is 40.8 Å². The zero-order chi connectivity index (χ0) is 22.2. The van der Waals surface area contributed by atoms with Gasteiger partial charge < -0.3 is 25.5 Å². The molecule has 0 saturated heterocycles. The third-order valence-electron chi connectivity index (χ3n) is 4.95. The zero-order valence-electron chi connectivity index (χ0n) is 18.1. The number of halogens is 3. The van der Waals surface area contributed by atoms with Crippen LogP contribution in [0.5, 0.6) is 5.75 Å². The molecule has 6 nitrogen and oxygen atoms in total. The van der Waals surface area contributed by atoms with Crippen molar-refractivity contribution in [1.29, 1.82) is 0 Å². The van der Waals surface area contributed by atoms with Gasteiger partial charge in [0.05, 0.1) is 12.6 Å². The second-order valence-corrected chi connectivity index (χ2v) is 7.17. The summed E-state index contributed by atoms with van der Waals surface area (Å²) in [6.45, 7) is 2.69. The number of ether oxygens (including phenoxy) is 1. The van der Waals surface area contributed by atoms with Crippen LogP contribution in [0.4, 0.5) is 8.78 Å². The molecule has 0 aliphatic heterocycles. The highest BCUT2D eigenvalue weighted by molar-refractivity contribution is 14.0. The van der Waals surface area contributed by atoms with Crippen molar-refractivity contribution in [2.24, 2.45) is 4.99 Å². The molecule has 9 heteroatoms. The fraction of sp³-hybridized carbons (Fsp3) is 0.348. The number of hydrogen-bond acceptors (Lipinski definition) is 3. The lowest BCUT2D eigenvalue weighted by molar-refractivity contribution is -0.0498. The number of alkyl halides is 2. The number of para-hydroxylation sites is 1. The maximum absolute atomic E-state index is 12.2. The number of aryl methyl sites for hydroxylation is 1. The SMILES string of the molecule is CCNC(=NCC(O)c1ccc(OC(F)F)cc1)NCCc1c[nH]c2c(C)cccc12.I. The number of fused-ring (bicyclic) bond motifs is 1. The molecule has 0 fully saturated rings. The third-order valence-corrected chi connectivity index (χ3v) is 4.95. The Morgan fingerprint density at radius 1 is 1.16 bits per heavy atom. The summed E-state index contributed by atoms with van der Waals surface area (Å²) in [6, 6.07) is 12.2. The van der Waals surface area contributed by atoms with Gasteiger partial charge in [0.15, 0.2) is 5.96 Å². The maximum atomic E-state index is 12.2. The summed E-state index contributed by atoms with van der Waals surface area (Å²) >= 11 is 0. The van der Waals surface area contributed by atoms with Crippen molar-refractivity contribution in [3.8, 4) is 5.75 Å². The fourth-order valence-corrected chi connectivity index (χ4v) is 3.38. The number of benzene rings is 2. The van der Waals surface area contributed by atoms with Gasteiger partial charge in [0, 0.05) is 30.2 Å². The van der Waals surface area contributed by atoms with Gasteiger partial charge in [-0.15, -0.1) is 24.0 Å². The Bertz CT molecular complexity index is 1010. The van der Waals surface area contributed by atoms with E-state index in [-0.39, 0.29) is 36.3 Å². The molecule has 1 atom stereocenters. The van der Waals surface area contributed by atoms with Gasteiger partial charge in [0.2, 0.25) is 0 Å². The average molecular weight is 558 g/mol. The van der Waals surface area contributed by atoms with Gasteiger partial charge in [-0.25, -0.2) is 0 Å². The molecule has 0 bridgehead atoms. The van der Waals surface area contributed by atoms with Crippen LogP contribution >= 0.6 is 24.0 Å². The van der Waals surface area contributed by atoms with E-state index in [0.717, 1.165) is 11.9 Å². The van der Waals surface area contributed by atoms with E-state index in [4.69, 9.17) is 0 Å². The van der Waals surface area contributed by atoms with Crippen LogP contribution in [0.1, 0.15) is 29.7 Å². The molecule has 0 aliphatic carbocycles. The molecule has 0 saturated carbocycles. The van der Waals surface area contributed by atoms with Crippen LogP contribution in [0.2, 0.25) is 0 Å². The average Bonchev–Trinajstić information content (AvgIpc) is 3.16. The standard InChI is InChI=1S/C23H28F2N4O2.HI/c1-3-26-23(27-12-11-17-13-28-21-15(2)5-4-6-19(17)21)29-14-20(30)16-7-9-18(10-8-16)31-22(24)25;/h4-10,13,20,22,28,30H,3,11-12,14H2,1-2H3,(H2,26,27,29);1H. The van der Waals surface area contributed by atoms with Gasteiger partial charge in [0.25, 0.3) is 0 Å². The van der Waals surface area contributed by atoms with Gasteiger partial charge in [-0.2, -0.15) is 8.78 Å². The minimum absolute atomic E-state index is 0. The Kier molecular flexibility index (Phi) is 10.2. The highest BCUT2D eigenvalue weighted by atomic mass is 127. The lowest BCUT2D eigenvalue weighted by atomic mass is 10.1. The molecule has 1 aromatic heterocycles. The van der Waals surface area contributed by atoms with Gasteiger partial charge >= 0.3 is 6.61 Å². The molecule has 0 radical (unpaired) electrons. The van der Waals surface area contributed by atoms with E-state index in [9.17, 15) is 13.9 Å². The molecule has 1 heterocycles. The lowest BCUT2D eigenvalue weighted by Crippen LogP contribution is -2.38. The highest BCUT2D eigenvalue weighted by Crippen LogP contribution is 2.21. The number of aliphatic imine (C=N–C) groups is 1. The van der Waals surface area contributed by atoms with Crippen molar-refractivity contribution in [1.82, 2.24) is 15.6 Å². The van der Waals surface area contributed by atoms with E-state index >= 15 is 0 Å². The number of nitrogens with one attached hydrogen (secondary N) is 3. The number of H-pyrrole nitrogens is 1. The normalized spacial score (nSPS) is 12.5. The Morgan fingerprint density at radius 2 is 1.91 bits per heavy atom. The first-order chi connectivity index (χ1) is 15.0. The smallest absolute Gasteiger partial charge is 0.387 e. The van der Waals surface area contributed by atoms with E-state index in [1.165, 1.54) is 28.6 Å². The monoisotopic (exact) mass is 558 g/mol. The first-order valence-electron chi connectivity index (χ1n) is 10.3. The number of hydrogen-bond donors (Lipinski definition) is 4. The summed E-state index contributed by atoms with van der Waals surface area (Å²) in [5.41, 5.74) is 4.18. The van der Waals surface area contributed by atoms with Crippen LogP contribution in [0, 0.1) is 6.92 Å². The number of rotatable bonds is 9. The molecule has 2 aromatic carbocycles. The number of aliphatic hydroxyl groups is 1. The number of aromatic nitrogens is 1. The molecule has 3 aromatic rings. The Hall–Kier alpha value is -2.40. The topological polar surface area (TPSA) is 81.7 Å². The van der Waals surface area contributed by atoms with E-state index in [2.05, 4.69) is 50.5 Å². The number of guanidine groups is 1. The summed E-state index contributed by atoms with van der Waals surface area (Å²) < 4.78 is 28.8. The molecule has 0 aliphatic rings. The second-order valence-electron chi connectivity index (χ2n) is 7.17. The molecule has 3 rings (SSSR count). The Balaban J connectivity index is 0.00000363. The van der Waals surface area contributed by atoms with Gasteiger partial charge in [0.1, 0.15) is 5.75 Å². The predicted octanol–water partition coefficient (Wildman–Crippen LogP) is 4.53. The third kappa shape index (κ3) is 7.06. The maximum Gasteiger partial charge on any atom is 0.387 e. The summed E-state index contributed by atoms with van der Waals surface area (Å²) in [4.78, 5) is 7.78. The van der Waals surface area contributed by atoms with Crippen LogP contribution in [0.25, 0.3) is 10.9 Å². The van der Waals surface area contributed by atoms with Gasteiger partial charge in [-0.1, -0.05) is 30.3 Å². The molecule has 174 valence electrons. The van der Waals surface area contributed by atoms with Crippen LogP contribution < -0.4 is 15.4 Å². The second kappa shape index (κ2) is 12.6. The first-order valence-corrected chi connectivity index (χ1v) is 10.3. The van der Waals surface area contributed by atoms with Crippen molar-refractivity contribution in [3.63, 3.8) is 0 Å². The lowest BCUT2D eigenvalue weighted by Gasteiger charge is -2.14. The van der Waals surface area contributed by atoms with Gasteiger partial charge in [-0.05, 0) is 49.1 Å². The first kappa shape index (κ1) is 25.9. The van der Waals surface area contributed by atoms with Crippen LogP contribution in [-0.2, 0) is 6.42 Å². The molecule has 4 N–H and O–H groups in total. The zero-order valence-corrected chi connectivity index (χ0v) is 20.4. The summed E-state index contributed by atoms with van der Waals surface area (Å²) in [5, 5.41) is 18.0. The molecular weight excluding hydrogens is 529 g/mol. The van der Waals surface area contributed by atoms with Crippen molar-refractivity contribution in [2.75, 3.05) is 19.6 Å². The fourth-order valence-electron chi connectivity index (χ4n) is 3.38. The Morgan fingerprint density at radius 3 is 2.59 bits per heavy atom. The van der Waals surface area contributed by atoms with Crippen LogP contribution in [0.3, 0.4) is 0 Å². The van der Waals surface area contributed by atoms with Crippen molar-refractivity contribution in [2.45, 2.75) is 33.0 Å². The predicted molar refractivity (Wildman–Crippen MR) is 134 cm³/mol. The van der Waals surface area contributed by atoms with Crippen molar-refractivity contribution in [3.05, 3.63) is 65.4 Å². The minimum atomic E-state index is -2.87. The van der Waals surface area contributed by atoms with E-state index in [1.807, 2.05) is 13.1 Å². The van der Waals surface area contributed by atoms with E-state index in [0.29, 0.717) is 24.6 Å². The van der Waals surface area contributed by atoms with E-state index in [1.54, 1.807) is 12.1 Å². The van der Waals surface area contributed by atoms with Gasteiger partial charge in [-0.3, -0.25) is 4.99 Å². The number of nitrogens with zero attached hydrogens (tertiary/aromatic N) is 1. The largest absolute Gasteiger partial charge is 0.435 e. The molecule has 0 amide bonds. The van der Waals surface area contributed by atoms with Crippen LogP contribution in [-0.4, -0.2) is 42.3 Å². The van der Waals surface area contributed by atoms with Crippen molar-refractivity contribution < 1.29 is 18.6 Å². The Labute approximate surface area is 203 Å². The van der Waals surface area contributed by atoms with Crippen LogP contribution in [0.15, 0.2) is 53.7 Å². The molecule has 0 spiro atoms. The summed E-state index contributed by atoms with van der Waals surface area (Å²) in [5.74, 6) is 0.659. The van der Waals surface area contributed by atoms with E-state index < -0.39 is 12.7 Å². The summed E-state index contributed by atoms with van der Waals surface area (Å²) in [7, 11) is 0. The number of aliphatic hydroxyl groups excluding tert-OH is 1. The minimum Gasteiger partial charge on any atom is -0.435 e. The molecular formula is C23H29F2IN4O2. The quantitative estimate of drug-likeness (QED) is 0.177. The highest BCUT2D eigenvalue weighted by Gasteiger charge is 2.10. The summed E-state index contributed by atoms with van der Waals surface area (Å²) in [6.07, 6.45) is 2.00. The molecule has 1 unspecified atom stereocenters. The number of aromatic amines is 1.